The number of hydrogen-bond donors (Lipinski definition) is 1. The SMILES string of the molecule is COCCOCCOCCOCCOc1ccc(C(N)=O)cc1. The number of nitrogens with two attached hydrogens (primary N) is 1. The molecule has 1 aromatic rings. The molecule has 1 amide bonds. The highest BCUT2D eigenvalue weighted by atomic mass is 16.6. The number of amides is 1. The van der Waals surface area contributed by atoms with Crippen LogP contribution in [-0.2, 0) is 18.9 Å². The molecule has 23 heavy (non-hydrogen) atoms. The highest BCUT2D eigenvalue weighted by Gasteiger charge is 2.00. The topological polar surface area (TPSA) is 89.2 Å². The molecule has 130 valence electrons. The predicted molar refractivity (Wildman–Crippen MR) is 84.8 cm³/mol. The zero-order valence-corrected chi connectivity index (χ0v) is 13.5. The van der Waals surface area contributed by atoms with Gasteiger partial charge in [-0.1, -0.05) is 0 Å². The van der Waals surface area contributed by atoms with Crippen molar-refractivity contribution < 1.29 is 28.5 Å². The Morgan fingerprint density at radius 1 is 0.826 bits per heavy atom. The summed E-state index contributed by atoms with van der Waals surface area (Å²) in [6.07, 6.45) is 0. The molecule has 0 saturated carbocycles. The number of methoxy groups -OCH3 is 1. The van der Waals surface area contributed by atoms with Gasteiger partial charge in [0, 0.05) is 12.7 Å². The van der Waals surface area contributed by atoms with E-state index in [-0.39, 0.29) is 0 Å². The summed E-state index contributed by atoms with van der Waals surface area (Å²) in [4.78, 5) is 10.9. The van der Waals surface area contributed by atoms with E-state index in [0.29, 0.717) is 64.2 Å². The van der Waals surface area contributed by atoms with Crippen LogP contribution in [0.15, 0.2) is 24.3 Å². The lowest BCUT2D eigenvalue weighted by Gasteiger charge is -2.08. The Kier molecular flexibility index (Phi) is 10.8. The molecule has 0 aliphatic rings. The fraction of sp³-hybridized carbons (Fsp3) is 0.562. The second kappa shape index (κ2) is 12.8. The first-order valence-corrected chi connectivity index (χ1v) is 7.49. The lowest BCUT2D eigenvalue weighted by molar-refractivity contribution is 0.000163. The second-order valence-corrected chi connectivity index (χ2v) is 4.57. The molecule has 0 aromatic heterocycles. The smallest absolute Gasteiger partial charge is 0.248 e. The van der Waals surface area contributed by atoms with Crippen molar-refractivity contribution >= 4 is 5.91 Å². The van der Waals surface area contributed by atoms with E-state index < -0.39 is 5.91 Å². The van der Waals surface area contributed by atoms with Gasteiger partial charge in [0.2, 0.25) is 5.91 Å². The zero-order chi connectivity index (χ0) is 16.8. The van der Waals surface area contributed by atoms with E-state index in [0.717, 1.165) is 0 Å². The van der Waals surface area contributed by atoms with Gasteiger partial charge in [-0.25, -0.2) is 0 Å². The molecular weight excluding hydrogens is 302 g/mol. The molecule has 0 spiro atoms. The van der Waals surface area contributed by atoms with Crippen molar-refractivity contribution in [2.24, 2.45) is 5.73 Å². The first-order chi connectivity index (χ1) is 11.2. The number of carbonyl (C=O) groups excluding carboxylic acids is 1. The van der Waals surface area contributed by atoms with Crippen LogP contribution in [0.5, 0.6) is 5.75 Å². The maximum atomic E-state index is 10.9. The minimum absolute atomic E-state index is 0.427. The molecule has 1 rings (SSSR count). The molecule has 0 aliphatic heterocycles. The van der Waals surface area contributed by atoms with Crippen LogP contribution in [0.25, 0.3) is 0 Å². The third-order valence-corrected chi connectivity index (χ3v) is 2.81. The van der Waals surface area contributed by atoms with E-state index in [1.54, 1.807) is 31.4 Å². The number of hydrogen-bond acceptors (Lipinski definition) is 6. The third-order valence-electron chi connectivity index (χ3n) is 2.81. The van der Waals surface area contributed by atoms with Gasteiger partial charge in [0.05, 0.1) is 46.2 Å². The van der Waals surface area contributed by atoms with E-state index in [9.17, 15) is 4.79 Å². The van der Waals surface area contributed by atoms with Crippen LogP contribution in [0.1, 0.15) is 10.4 Å². The highest BCUT2D eigenvalue weighted by Crippen LogP contribution is 2.11. The van der Waals surface area contributed by atoms with Crippen LogP contribution in [-0.4, -0.2) is 65.9 Å². The Balaban J connectivity index is 1.90. The van der Waals surface area contributed by atoms with Crippen LogP contribution >= 0.6 is 0 Å². The molecule has 0 radical (unpaired) electrons. The van der Waals surface area contributed by atoms with Crippen LogP contribution in [0.4, 0.5) is 0 Å². The summed E-state index contributed by atoms with van der Waals surface area (Å²) < 4.78 is 26.3. The van der Waals surface area contributed by atoms with E-state index in [2.05, 4.69) is 0 Å². The molecule has 0 unspecified atom stereocenters. The van der Waals surface area contributed by atoms with Crippen molar-refractivity contribution in [3.05, 3.63) is 29.8 Å². The first-order valence-electron chi connectivity index (χ1n) is 7.49. The average Bonchev–Trinajstić information content (AvgIpc) is 2.56. The largest absolute Gasteiger partial charge is 0.491 e. The Morgan fingerprint density at radius 2 is 1.30 bits per heavy atom. The average molecular weight is 327 g/mol. The van der Waals surface area contributed by atoms with Crippen LogP contribution in [0.3, 0.4) is 0 Å². The molecule has 0 fully saturated rings. The summed E-state index contributed by atoms with van der Waals surface area (Å²) in [7, 11) is 1.64. The summed E-state index contributed by atoms with van der Waals surface area (Å²) >= 11 is 0. The van der Waals surface area contributed by atoms with Crippen LogP contribution in [0.2, 0.25) is 0 Å². The highest BCUT2D eigenvalue weighted by molar-refractivity contribution is 5.92. The Hall–Kier alpha value is -1.67. The lowest BCUT2D eigenvalue weighted by atomic mass is 10.2. The van der Waals surface area contributed by atoms with E-state index in [1.165, 1.54) is 0 Å². The van der Waals surface area contributed by atoms with Gasteiger partial charge in [-0.15, -0.1) is 0 Å². The standard InChI is InChI=1S/C16H25NO6/c1-19-6-7-20-8-9-21-10-11-22-12-13-23-15-4-2-14(3-5-15)16(17)18/h2-5H,6-13H2,1H3,(H2,17,18). The zero-order valence-electron chi connectivity index (χ0n) is 13.5. The van der Waals surface area contributed by atoms with Gasteiger partial charge < -0.3 is 29.4 Å². The molecule has 0 aliphatic carbocycles. The van der Waals surface area contributed by atoms with Crippen LogP contribution in [0, 0.1) is 0 Å². The van der Waals surface area contributed by atoms with Gasteiger partial charge in [-0.2, -0.15) is 0 Å². The number of benzene rings is 1. The summed E-state index contributed by atoms with van der Waals surface area (Å²) in [6.45, 7) is 4.16. The number of primary amides is 1. The fourth-order valence-corrected chi connectivity index (χ4v) is 1.62. The number of carbonyl (C=O) groups is 1. The van der Waals surface area contributed by atoms with Crippen molar-refractivity contribution in [2.75, 3.05) is 60.0 Å². The van der Waals surface area contributed by atoms with E-state index >= 15 is 0 Å². The van der Waals surface area contributed by atoms with Gasteiger partial charge in [0.25, 0.3) is 0 Å². The normalized spacial score (nSPS) is 10.7. The second-order valence-electron chi connectivity index (χ2n) is 4.57. The lowest BCUT2D eigenvalue weighted by Crippen LogP contribution is -2.13. The van der Waals surface area contributed by atoms with Gasteiger partial charge in [0.15, 0.2) is 0 Å². The van der Waals surface area contributed by atoms with Crippen LogP contribution < -0.4 is 10.5 Å². The van der Waals surface area contributed by atoms with Gasteiger partial charge >= 0.3 is 0 Å². The van der Waals surface area contributed by atoms with Gasteiger partial charge in [-0.05, 0) is 24.3 Å². The van der Waals surface area contributed by atoms with Gasteiger partial charge in [-0.3, -0.25) is 4.79 Å². The predicted octanol–water partition coefficient (Wildman–Crippen LogP) is 0.861. The molecule has 0 heterocycles. The minimum atomic E-state index is -0.455. The molecule has 1 aromatic carbocycles. The van der Waals surface area contributed by atoms with Gasteiger partial charge in [0.1, 0.15) is 12.4 Å². The van der Waals surface area contributed by atoms with Crippen molar-refractivity contribution in [2.45, 2.75) is 0 Å². The molecule has 0 saturated heterocycles. The molecule has 0 bridgehead atoms. The maximum absolute atomic E-state index is 10.9. The van der Waals surface area contributed by atoms with Crippen molar-refractivity contribution in [3.63, 3.8) is 0 Å². The third kappa shape index (κ3) is 9.85. The van der Waals surface area contributed by atoms with E-state index in [4.69, 9.17) is 29.4 Å². The summed E-state index contributed by atoms with van der Waals surface area (Å²) in [6, 6.07) is 6.65. The molecule has 2 N–H and O–H groups in total. The monoisotopic (exact) mass is 327 g/mol. The minimum Gasteiger partial charge on any atom is -0.491 e. The maximum Gasteiger partial charge on any atom is 0.248 e. The summed E-state index contributed by atoms with van der Waals surface area (Å²) in [5.74, 6) is 0.215. The molecular formula is C16H25NO6. The summed E-state index contributed by atoms with van der Waals surface area (Å²) in [5, 5.41) is 0. The Labute approximate surface area is 136 Å². The Bertz CT molecular complexity index is 423. The number of rotatable bonds is 14. The molecule has 7 heteroatoms. The first kappa shape index (κ1) is 19.4. The van der Waals surface area contributed by atoms with Crippen molar-refractivity contribution in [3.8, 4) is 5.75 Å². The van der Waals surface area contributed by atoms with E-state index in [1.807, 2.05) is 0 Å². The molecule has 0 atom stereocenters. The van der Waals surface area contributed by atoms with Crippen molar-refractivity contribution in [1.29, 1.82) is 0 Å². The molecule has 7 nitrogen and oxygen atoms in total. The Morgan fingerprint density at radius 3 is 1.78 bits per heavy atom. The van der Waals surface area contributed by atoms with Crippen molar-refractivity contribution in [1.82, 2.24) is 0 Å². The quantitative estimate of drug-likeness (QED) is 0.510. The summed E-state index contributed by atoms with van der Waals surface area (Å²) in [5.41, 5.74) is 5.61. The number of ether oxygens (including phenoxy) is 5. The fourth-order valence-electron chi connectivity index (χ4n) is 1.62.